The molecule has 6 rings (SSSR count). The lowest BCUT2D eigenvalue weighted by Gasteiger charge is -2.39. The summed E-state index contributed by atoms with van der Waals surface area (Å²) in [6, 6.07) is 9.54. The molecule has 1 saturated carbocycles. The Bertz CT molecular complexity index is 1350. The van der Waals surface area contributed by atoms with Crippen molar-refractivity contribution in [2.75, 3.05) is 19.2 Å². The predicted octanol–water partition coefficient (Wildman–Crippen LogP) is 4.64. The number of carbonyl (C=O) groups is 1. The summed E-state index contributed by atoms with van der Waals surface area (Å²) in [6.07, 6.45) is 1.59. The molecule has 1 aromatic heterocycles. The molecule has 2 atom stereocenters. The largest absolute Gasteiger partial charge is 0.495 e. The third kappa shape index (κ3) is 2.37. The first kappa shape index (κ1) is 20.3. The van der Waals surface area contributed by atoms with Crippen molar-refractivity contribution in [1.82, 2.24) is 9.97 Å². The molecule has 3 aromatic rings. The van der Waals surface area contributed by atoms with Crippen LogP contribution in [0.15, 0.2) is 30.3 Å². The van der Waals surface area contributed by atoms with Gasteiger partial charge in [0, 0.05) is 17.5 Å². The van der Waals surface area contributed by atoms with Gasteiger partial charge in [0.05, 0.1) is 40.6 Å². The lowest BCUT2D eigenvalue weighted by atomic mass is 9.63. The molecule has 0 radical (unpaired) electrons. The quantitative estimate of drug-likeness (QED) is 0.632. The molecule has 0 spiro atoms. The van der Waals surface area contributed by atoms with Gasteiger partial charge in [-0.05, 0) is 42.9 Å². The number of rotatable bonds is 3. The Morgan fingerprint density at radius 3 is 2.33 bits per heavy atom. The molecule has 7 heteroatoms. The third-order valence-electron chi connectivity index (χ3n) is 8.52. The van der Waals surface area contributed by atoms with Crippen molar-refractivity contribution >= 4 is 22.6 Å². The van der Waals surface area contributed by atoms with Crippen molar-refractivity contribution in [1.29, 1.82) is 0 Å². The number of amides is 1. The number of aryl methyl sites for hydroxylation is 1. The molecule has 0 saturated heterocycles. The number of ether oxygens (including phenoxy) is 3. The highest BCUT2D eigenvalue weighted by Gasteiger charge is 2.73. The topological polar surface area (TPSA) is 82.6 Å². The van der Waals surface area contributed by atoms with Crippen LogP contribution < -0.4 is 19.5 Å². The molecule has 2 bridgehead atoms. The van der Waals surface area contributed by atoms with Gasteiger partial charge in [0.2, 0.25) is 12.7 Å². The van der Waals surface area contributed by atoms with Gasteiger partial charge >= 0.3 is 0 Å². The molecule has 7 nitrogen and oxygen atoms in total. The van der Waals surface area contributed by atoms with Gasteiger partial charge in [-0.2, -0.15) is 0 Å². The average Bonchev–Trinajstić information content (AvgIpc) is 3.35. The third-order valence-corrected chi connectivity index (χ3v) is 8.52. The molecule has 1 N–H and O–H groups in total. The van der Waals surface area contributed by atoms with E-state index in [-0.39, 0.29) is 23.5 Å². The monoisotopic (exact) mass is 445 g/mol. The van der Waals surface area contributed by atoms with Gasteiger partial charge in [-0.3, -0.25) is 4.79 Å². The molecule has 1 aliphatic heterocycles. The van der Waals surface area contributed by atoms with Crippen LogP contribution in [0.1, 0.15) is 50.6 Å². The molecule has 2 heterocycles. The van der Waals surface area contributed by atoms with Gasteiger partial charge in [0.1, 0.15) is 5.75 Å². The standard InChI is InChI=1S/C26H27N3O4/c1-14-6-7-18(31-5)17(10-14)29-23(30)26-9-8-25(4,24(26,2)3)21-22(26)28-16-12-20-19(32-13-33-20)11-15(16)27-21/h6-7,10-12H,8-9,13H2,1-5H3,(H,29,30). The molecule has 1 fully saturated rings. The molecule has 3 aliphatic rings. The number of hydrogen-bond donors (Lipinski definition) is 1. The summed E-state index contributed by atoms with van der Waals surface area (Å²) < 4.78 is 16.6. The zero-order valence-corrected chi connectivity index (χ0v) is 19.5. The van der Waals surface area contributed by atoms with Crippen molar-refractivity contribution in [3.63, 3.8) is 0 Å². The lowest BCUT2D eigenvalue weighted by molar-refractivity contribution is -0.125. The van der Waals surface area contributed by atoms with E-state index in [4.69, 9.17) is 24.2 Å². The van der Waals surface area contributed by atoms with Crippen LogP contribution in [-0.4, -0.2) is 29.8 Å². The van der Waals surface area contributed by atoms with E-state index in [1.807, 2.05) is 37.3 Å². The number of nitrogens with one attached hydrogen (secondary N) is 1. The number of nitrogens with zero attached hydrogens (tertiary/aromatic N) is 2. The molecular formula is C26H27N3O4. The minimum Gasteiger partial charge on any atom is -0.495 e. The fraction of sp³-hybridized carbons (Fsp3) is 0.423. The minimum atomic E-state index is -0.802. The van der Waals surface area contributed by atoms with Crippen LogP contribution in [0.4, 0.5) is 5.69 Å². The maximum atomic E-state index is 14.1. The summed E-state index contributed by atoms with van der Waals surface area (Å²) in [5, 5.41) is 3.19. The van der Waals surface area contributed by atoms with Crippen molar-refractivity contribution in [3.8, 4) is 17.2 Å². The first-order chi connectivity index (χ1) is 15.7. The highest BCUT2D eigenvalue weighted by atomic mass is 16.7. The first-order valence-corrected chi connectivity index (χ1v) is 11.3. The fourth-order valence-electron chi connectivity index (χ4n) is 6.14. The molecule has 1 amide bonds. The maximum absolute atomic E-state index is 14.1. The van der Waals surface area contributed by atoms with Crippen LogP contribution in [0.3, 0.4) is 0 Å². The second-order valence-corrected chi connectivity index (χ2v) is 10.1. The first-order valence-electron chi connectivity index (χ1n) is 11.3. The summed E-state index contributed by atoms with van der Waals surface area (Å²) in [7, 11) is 1.61. The Morgan fingerprint density at radius 1 is 1.00 bits per heavy atom. The van der Waals surface area contributed by atoms with Crippen LogP contribution in [0.25, 0.3) is 11.0 Å². The van der Waals surface area contributed by atoms with E-state index in [1.165, 1.54) is 0 Å². The Labute approximate surface area is 192 Å². The van der Waals surface area contributed by atoms with E-state index in [2.05, 4.69) is 26.1 Å². The van der Waals surface area contributed by atoms with Crippen LogP contribution in [-0.2, 0) is 15.6 Å². The lowest BCUT2D eigenvalue weighted by Crippen LogP contribution is -2.48. The number of carbonyl (C=O) groups excluding carboxylic acids is 1. The van der Waals surface area contributed by atoms with E-state index in [0.717, 1.165) is 28.9 Å². The smallest absolute Gasteiger partial charge is 0.237 e. The molecule has 2 unspecified atom stereocenters. The normalized spacial score (nSPS) is 25.8. The van der Waals surface area contributed by atoms with E-state index in [1.54, 1.807) is 7.11 Å². The fourth-order valence-corrected chi connectivity index (χ4v) is 6.14. The molecule has 170 valence electrons. The van der Waals surface area contributed by atoms with Gasteiger partial charge in [-0.25, -0.2) is 9.97 Å². The zero-order valence-electron chi connectivity index (χ0n) is 19.5. The number of aromatic nitrogens is 2. The van der Waals surface area contributed by atoms with Crippen molar-refractivity contribution in [2.24, 2.45) is 5.41 Å². The minimum absolute atomic E-state index is 0.0618. The molecule has 33 heavy (non-hydrogen) atoms. The number of fused-ring (bicyclic) bond motifs is 7. The Hall–Kier alpha value is -3.35. The van der Waals surface area contributed by atoms with Gasteiger partial charge in [-0.1, -0.05) is 26.8 Å². The van der Waals surface area contributed by atoms with Gasteiger partial charge in [0.15, 0.2) is 11.5 Å². The predicted molar refractivity (Wildman–Crippen MR) is 124 cm³/mol. The van der Waals surface area contributed by atoms with Crippen LogP contribution in [0, 0.1) is 12.3 Å². The van der Waals surface area contributed by atoms with E-state index < -0.39 is 5.41 Å². The van der Waals surface area contributed by atoms with Crippen molar-refractivity contribution in [3.05, 3.63) is 47.3 Å². The number of benzene rings is 2. The summed E-state index contributed by atoms with van der Waals surface area (Å²) >= 11 is 0. The van der Waals surface area contributed by atoms with Crippen molar-refractivity contribution in [2.45, 2.75) is 51.4 Å². The maximum Gasteiger partial charge on any atom is 0.237 e. The van der Waals surface area contributed by atoms with Gasteiger partial charge < -0.3 is 19.5 Å². The van der Waals surface area contributed by atoms with Crippen molar-refractivity contribution < 1.29 is 19.0 Å². The van der Waals surface area contributed by atoms with Gasteiger partial charge in [-0.15, -0.1) is 0 Å². The summed E-state index contributed by atoms with van der Waals surface area (Å²) in [5.74, 6) is 1.92. The number of hydrogen-bond acceptors (Lipinski definition) is 6. The number of methoxy groups -OCH3 is 1. The second kappa shape index (κ2) is 6.37. The highest BCUT2D eigenvalue weighted by Crippen LogP contribution is 2.70. The second-order valence-electron chi connectivity index (χ2n) is 10.1. The summed E-state index contributed by atoms with van der Waals surface area (Å²) in [5.41, 5.74) is 3.44. The highest BCUT2D eigenvalue weighted by molar-refractivity contribution is 6.03. The van der Waals surface area contributed by atoms with Gasteiger partial charge in [0.25, 0.3) is 0 Å². The Balaban J connectivity index is 1.53. The molecule has 2 aliphatic carbocycles. The van der Waals surface area contributed by atoms with E-state index in [0.29, 0.717) is 34.9 Å². The summed E-state index contributed by atoms with van der Waals surface area (Å²) in [4.78, 5) is 24.3. The average molecular weight is 446 g/mol. The van der Waals surface area contributed by atoms with Crippen LogP contribution >= 0.6 is 0 Å². The Morgan fingerprint density at radius 2 is 1.67 bits per heavy atom. The zero-order chi connectivity index (χ0) is 23.2. The molecular weight excluding hydrogens is 418 g/mol. The van der Waals surface area contributed by atoms with E-state index in [9.17, 15) is 4.79 Å². The van der Waals surface area contributed by atoms with E-state index >= 15 is 0 Å². The Kier molecular flexibility index (Phi) is 3.91. The summed E-state index contributed by atoms with van der Waals surface area (Å²) in [6.45, 7) is 8.76. The SMILES string of the molecule is COc1ccc(C)cc1NC(=O)C12CCC(C)(c3nc4cc5c(cc4nc31)OCO5)C2(C)C. The number of anilines is 1. The van der Waals surface area contributed by atoms with Crippen LogP contribution in [0.5, 0.6) is 17.2 Å². The van der Waals surface area contributed by atoms with Crippen LogP contribution in [0.2, 0.25) is 0 Å². The molecule has 2 aromatic carbocycles.